The second kappa shape index (κ2) is 8.86. The third-order valence-corrected chi connectivity index (χ3v) is 6.07. The van der Waals surface area contributed by atoms with Crippen LogP contribution in [0.1, 0.15) is 11.7 Å². The molecule has 10 heteroatoms. The van der Waals surface area contributed by atoms with E-state index in [0.717, 1.165) is 26.5 Å². The maximum Gasteiger partial charge on any atom is 0.248 e. The summed E-state index contributed by atoms with van der Waals surface area (Å²) < 4.78 is 14.3. The molecule has 5 rings (SSSR count). The molecule has 5 aromatic rings. The van der Waals surface area contributed by atoms with Gasteiger partial charge in [-0.25, -0.2) is 0 Å². The molecule has 0 saturated carbocycles. The average Bonchev–Trinajstić information content (AvgIpc) is 3.55. The Morgan fingerprint density at radius 2 is 1.90 bits per heavy atom. The summed E-state index contributed by atoms with van der Waals surface area (Å²) in [5, 5.41) is 17.8. The van der Waals surface area contributed by atoms with E-state index in [9.17, 15) is 0 Å². The molecule has 31 heavy (non-hydrogen) atoms. The molecular weight excluding hydrogens is 480 g/mol. The average molecular weight is 495 g/mol. The van der Waals surface area contributed by atoms with Gasteiger partial charge in [-0.05, 0) is 52.3 Å². The van der Waals surface area contributed by atoms with E-state index in [-0.39, 0.29) is 0 Å². The highest BCUT2D eigenvalue weighted by Crippen LogP contribution is 2.30. The molecule has 0 N–H and O–H groups in total. The van der Waals surface area contributed by atoms with Crippen LogP contribution in [0.5, 0.6) is 0 Å². The Labute approximate surface area is 189 Å². The quantitative estimate of drug-likeness (QED) is 0.288. The van der Waals surface area contributed by atoms with Crippen molar-refractivity contribution in [2.24, 2.45) is 0 Å². The molecule has 0 amide bonds. The normalized spacial score (nSPS) is 11.1. The fourth-order valence-corrected chi connectivity index (χ4v) is 4.22. The number of thioether (sulfide) groups is 1. The zero-order valence-electron chi connectivity index (χ0n) is 16.1. The smallest absolute Gasteiger partial charge is 0.248 e. The van der Waals surface area contributed by atoms with Crippen molar-refractivity contribution in [1.82, 2.24) is 29.9 Å². The van der Waals surface area contributed by atoms with Crippen LogP contribution in [0.4, 0.5) is 0 Å². The number of hydrogen-bond donors (Lipinski definition) is 0. The number of rotatable bonds is 7. The van der Waals surface area contributed by atoms with E-state index >= 15 is 0 Å². The largest absolute Gasteiger partial charge is 0.467 e. The Balaban J connectivity index is 1.39. The second-order valence-corrected chi connectivity index (χ2v) is 8.28. The van der Waals surface area contributed by atoms with Crippen LogP contribution in [0.25, 0.3) is 22.8 Å². The van der Waals surface area contributed by atoms with Gasteiger partial charge in [0, 0.05) is 22.4 Å². The van der Waals surface area contributed by atoms with E-state index in [1.165, 1.54) is 11.8 Å². The van der Waals surface area contributed by atoms with Crippen molar-refractivity contribution in [3.8, 4) is 22.8 Å². The van der Waals surface area contributed by atoms with Gasteiger partial charge in [0.25, 0.3) is 0 Å². The van der Waals surface area contributed by atoms with Crippen LogP contribution in [0.2, 0.25) is 0 Å². The maximum absolute atomic E-state index is 5.85. The fourth-order valence-electron chi connectivity index (χ4n) is 2.99. The molecule has 0 aliphatic carbocycles. The predicted molar refractivity (Wildman–Crippen MR) is 118 cm³/mol. The Hall–Kier alpha value is -3.24. The van der Waals surface area contributed by atoms with Gasteiger partial charge in [0.05, 0.1) is 24.1 Å². The second-order valence-electron chi connectivity index (χ2n) is 6.48. The zero-order valence-corrected chi connectivity index (χ0v) is 18.5. The number of halogens is 1. The fraction of sp³-hybridized carbons (Fsp3) is 0.0952. The number of nitrogens with zero attached hydrogens (tertiary/aromatic N) is 6. The molecule has 0 spiro atoms. The van der Waals surface area contributed by atoms with E-state index in [1.807, 2.05) is 53.1 Å². The minimum atomic E-state index is 0.459. The summed E-state index contributed by atoms with van der Waals surface area (Å²) >= 11 is 4.98. The Morgan fingerprint density at radius 1 is 0.968 bits per heavy atom. The Morgan fingerprint density at radius 3 is 2.71 bits per heavy atom. The van der Waals surface area contributed by atoms with E-state index in [0.29, 0.717) is 29.9 Å². The van der Waals surface area contributed by atoms with Crippen molar-refractivity contribution in [1.29, 1.82) is 0 Å². The molecular formula is C21H15BrN6O2S. The summed E-state index contributed by atoms with van der Waals surface area (Å²) in [4.78, 5) is 4.19. The van der Waals surface area contributed by atoms with Crippen LogP contribution in [-0.4, -0.2) is 29.9 Å². The van der Waals surface area contributed by atoms with Crippen LogP contribution < -0.4 is 0 Å². The maximum atomic E-state index is 5.85. The van der Waals surface area contributed by atoms with Gasteiger partial charge in [0.2, 0.25) is 11.8 Å². The number of aromatic nitrogens is 6. The van der Waals surface area contributed by atoms with Crippen molar-refractivity contribution in [3.05, 3.63) is 83.3 Å². The third kappa shape index (κ3) is 4.30. The first-order chi connectivity index (χ1) is 15.3. The summed E-state index contributed by atoms with van der Waals surface area (Å²) in [7, 11) is 0. The first-order valence-corrected chi connectivity index (χ1v) is 11.1. The van der Waals surface area contributed by atoms with E-state index < -0.39 is 0 Å². The van der Waals surface area contributed by atoms with Crippen molar-refractivity contribution < 1.29 is 8.83 Å². The van der Waals surface area contributed by atoms with Gasteiger partial charge in [-0.2, -0.15) is 0 Å². The van der Waals surface area contributed by atoms with Crippen LogP contribution in [0.15, 0.2) is 85.7 Å². The number of pyridine rings is 1. The van der Waals surface area contributed by atoms with Crippen molar-refractivity contribution in [3.63, 3.8) is 0 Å². The van der Waals surface area contributed by atoms with Crippen molar-refractivity contribution >= 4 is 27.7 Å². The molecule has 0 radical (unpaired) electrons. The summed E-state index contributed by atoms with van der Waals surface area (Å²) in [6, 6.07) is 15.3. The topological polar surface area (TPSA) is 95.7 Å². The molecule has 1 aromatic carbocycles. The molecule has 0 atom stereocenters. The lowest BCUT2D eigenvalue weighted by atomic mass is 10.2. The summed E-state index contributed by atoms with van der Waals surface area (Å²) in [5.74, 6) is 2.95. The Kier molecular flexibility index (Phi) is 5.63. The highest BCUT2D eigenvalue weighted by Gasteiger charge is 2.18. The first-order valence-electron chi connectivity index (χ1n) is 9.34. The van der Waals surface area contributed by atoms with E-state index in [2.05, 4.69) is 41.3 Å². The zero-order chi connectivity index (χ0) is 21.0. The highest BCUT2D eigenvalue weighted by atomic mass is 79.9. The molecule has 4 heterocycles. The lowest BCUT2D eigenvalue weighted by molar-refractivity contribution is 0.485. The third-order valence-electron chi connectivity index (χ3n) is 4.43. The minimum absolute atomic E-state index is 0.459. The molecule has 154 valence electrons. The number of benzene rings is 1. The van der Waals surface area contributed by atoms with Crippen molar-refractivity contribution in [2.45, 2.75) is 17.5 Å². The van der Waals surface area contributed by atoms with Crippen LogP contribution in [-0.2, 0) is 12.3 Å². The lowest BCUT2D eigenvalue weighted by Gasteiger charge is -2.08. The van der Waals surface area contributed by atoms with Gasteiger partial charge in [-0.1, -0.05) is 23.9 Å². The SMILES string of the molecule is Brc1ccccc1-c1nnc(CSc2nnc(-c3cccnc3)n2Cc2ccco2)o1. The molecule has 8 nitrogen and oxygen atoms in total. The van der Waals surface area contributed by atoms with Crippen LogP contribution in [0, 0.1) is 0 Å². The van der Waals surface area contributed by atoms with Crippen LogP contribution >= 0.6 is 27.7 Å². The van der Waals surface area contributed by atoms with Gasteiger partial charge >= 0.3 is 0 Å². The van der Waals surface area contributed by atoms with E-state index in [4.69, 9.17) is 8.83 Å². The van der Waals surface area contributed by atoms with E-state index in [1.54, 1.807) is 18.7 Å². The summed E-state index contributed by atoms with van der Waals surface area (Å²) in [5.41, 5.74) is 1.73. The lowest BCUT2D eigenvalue weighted by Crippen LogP contribution is -2.03. The first kappa shape index (κ1) is 19.7. The molecule has 4 aromatic heterocycles. The standard InChI is InChI=1S/C21H15BrN6O2S/c22-17-8-2-1-7-16(17)20-26-24-18(30-20)13-31-21-27-25-19(14-5-3-9-23-11-14)28(21)12-15-6-4-10-29-15/h1-11H,12-13H2. The van der Waals surface area contributed by atoms with Crippen LogP contribution in [0.3, 0.4) is 0 Å². The summed E-state index contributed by atoms with van der Waals surface area (Å²) in [6.07, 6.45) is 5.14. The molecule has 0 aliphatic rings. The summed E-state index contributed by atoms with van der Waals surface area (Å²) in [6.45, 7) is 0.499. The Bertz CT molecular complexity index is 1290. The predicted octanol–water partition coefficient (Wildman–Crippen LogP) is 5.09. The molecule has 0 unspecified atom stereocenters. The number of furan rings is 1. The minimum Gasteiger partial charge on any atom is -0.467 e. The van der Waals surface area contributed by atoms with Gasteiger partial charge in [0.1, 0.15) is 5.76 Å². The molecule has 0 aliphatic heterocycles. The molecule has 0 bridgehead atoms. The monoisotopic (exact) mass is 494 g/mol. The van der Waals surface area contributed by atoms with Gasteiger partial charge in [-0.3, -0.25) is 9.55 Å². The van der Waals surface area contributed by atoms with Gasteiger partial charge < -0.3 is 8.83 Å². The molecule has 0 fully saturated rings. The molecule has 0 saturated heterocycles. The van der Waals surface area contributed by atoms with Gasteiger partial charge in [0.15, 0.2) is 11.0 Å². The highest BCUT2D eigenvalue weighted by molar-refractivity contribution is 9.10. The van der Waals surface area contributed by atoms with Crippen molar-refractivity contribution in [2.75, 3.05) is 0 Å². The number of hydrogen-bond acceptors (Lipinski definition) is 8. The van der Waals surface area contributed by atoms with Gasteiger partial charge in [-0.15, -0.1) is 20.4 Å².